The molecule has 0 fully saturated rings. The molecule has 5 heteroatoms. The van der Waals surface area contributed by atoms with Gasteiger partial charge in [-0.25, -0.2) is 4.68 Å². The highest BCUT2D eigenvalue weighted by molar-refractivity contribution is 5.33. The Labute approximate surface area is 160 Å². The van der Waals surface area contributed by atoms with E-state index in [0.29, 0.717) is 6.54 Å². The second kappa shape index (κ2) is 7.92. The maximum Gasteiger partial charge on any atom is 0.276 e. The predicted molar refractivity (Wildman–Crippen MR) is 109 cm³/mol. The van der Waals surface area contributed by atoms with Gasteiger partial charge in [-0.15, -0.1) is 0 Å². The molecule has 0 N–H and O–H groups in total. The van der Waals surface area contributed by atoms with Crippen LogP contribution in [0.25, 0.3) is 5.69 Å². The SMILES string of the molecule is Cc1ccnc(CC(C)N(C)Cc2c(C)n(C)n(-c3ccccc3)c2=O)c1. The number of nitrogens with zero attached hydrogens (tertiary/aromatic N) is 4. The number of rotatable bonds is 6. The summed E-state index contributed by atoms with van der Waals surface area (Å²) in [5, 5.41) is 0. The number of aromatic nitrogens is 3. The van der Waals surface area contributed by atoms with Crippen molar-refractivity contribution >= 4 is 0 Å². The van der Waals surface area contributed by atoms with Crippen molar-refractivity contribution in [2.24, 2.45) is 7.05 Å². The van der Waals surface area contributed by atoms with E-state index in [4.69, 9.17) is 0 Å². The number of benzene rings is 1. The molecule has 142 valence electrons. The van der Waals surface area contributed by atoms with Crippen molar-refractivity contribution < 1.29 is 0 Å². The van der Waals surface area contributed by atoms with E-state index in [0.717, 1.165) is 29.1 Å². The Bertz CT molecular complexity index is 972. The minimum atomic E-state index is 0.0499. The molecule has 3 aromatic rings. The van der Waals surface area contributed by atoms with E-state index in [2.05, 4.69) is 36.8 Å². The lowest BCUT2D eigenvalue weighted by Crippen LogP contribution is -2.33. The third-order valence-corrected chi connectivity index (χ3v) is 5.31. The van der Waals surface area contributed by atoms with Crippen molar-refractivity contribution in [2.45, 2.75) is 39.8 Å². The average molecular weight is 364 g/mol. The Balaban J connectivity index is 1.82. The van der Waals surface area contributed by atoms with Gasteiger partial charge in [0.05, 0.1) is 11.3 Å². The van der Waals surface area contributed by atoms with Gasteiger partial charge in [0.1, 0.15) is 0 Å². The number of hydrogen-bond donors (Lipinski definition) is 0. The second-order valence-corrected chi connectivity index (χ2v) is 7.33. The fourth-order valence-corrected chi connectivity index (χ4v) is 3.38. The topological polar surface area (TPSA) is 43.1 Å². The van der Waals surface area contributed by atoms with Crippen LogP contribution in [0.4, 0.5) is 0 Å². The third kappa shape index (κ3) is 4.03. The molecule has 0 aliphatic rings. The first-order valence-electron chi connectivity index (χ1n) is 9.33. The van der Waals surface area contributed by atoms with Crippen LogP contribution in [0.5, 0.6) is 0 Å². The van der Waals surface area contributed by atoms with Gasteiger partial charge in [0, 0.05) is 43.6 Å². The average Bonchev–Trinajstić information content (AvgIpc) is 2.85. The van der Waals surface area contributed by atoms with Gasteiger partial charge in [-0.2, -0.15) is 0 Å². The predicted octanol–water partition coefficient (Wildman–Crippen LogP) is 3.25. The molecule has 1 atom stereocenters. The molecule has 0 spiro atoms. The molecule has 2 aromatic heterocycles. The molecule has 0 radical (unpaired) electrons. The maximum absolute atomic E-state index is 13.1. The Morgan fingerprint density at radius 3 is 2.52 bits per heavy atom. The Morgan fingerprint density at radius 1 is 1.15 bits per heavy atom. The summed E-state index contributed by atoms with van der Waals surface area (Å²) >= 11 is 0. The van der Waals surface area contributed by atoms with Gasteiger partial charge in [-0.1, -0.05) is 18.2 Å². The summed E-state index contributed by atoms with van der Waals surface area (Å²) in [4.78, 5) is 19.8. The normalized spacial score (nSPS) is 12.5. The van der Waals surface area contributed by atoms with Crippen LogP contribution in [-0.4, -0.2) is 32.3 Å². The highest BCUT2D eigenvalue weighted by Gasteiger charge is 2.19. The monoisotopic (exact) mass is 364 g/mol. The van der Waals surface area contributed by atoms with Gasteiger partial charge in [-0.05, 0) is 57.6 Å². The fourth-order valence-electron chi connectivity index (χ4n) is 3.38. The molecule has 5 nitrogen and oxygen atoms in total. The molecule has 27 heavy (non-hydrogen) atoms. The highest BCUT2D eigenvalue weighted by Crippen LogP contribution is 2.14. The van der Waals surface area contributed by atoms with E-state index >= 15 is 0 Å². The smallest absolute Gasteiger partial charge is 0.276 e. The lowest BCUT2D eigenvalue weighted by atomic mass is 10.1. The lowest BCUT2D eigenvalue weighted by Gasteiger charge is -2.24. The van der Waals surface area contributed by atoms with Crippen molar-refractivity contribution in [3.63, 3.8) is 0 Å². The summed E-state index contributed by atoms with van der Waals surface area (Å²) < 4.78 is 3.68. The van der Waals surface area contributed by atoms with Crippen molar-refractivity contribution in [3.8, 4) is 5.69 Å². The molecule has 0 amide bonds. The molecular formula is C22H28N4O. The van der Waals surface area contributed by atoms with E-state index in [1.165, 1.54) is 5.56 Å². The van der Waals surface area contributed by atoms with Crippen LogP contribution >= 0.6 is 0 Å². The Morgan fingerprint density at radius 2 is 1.85 bits per heavy atom. The zero-order valence-corrected chi connectivity index (χ0v) is 16.8. The van der Waals surface area contributed by atoms with Crippen LogP contribution in [0.1, 0.15) is 29.4 Å². The lowest BCUT2D eigenvalue weighted by molar-refractivity contribution is 0.245. The van der Waals surface area contributed by atoms with Crippen LogP contribution in [0.3, 0.4) is 0 Å². The third-order valence-electron chi connectivity index (χ3n) is 5.31. The quantitative estimate of drug-likeness (QED) is 0.674. The van der Waals surface area contributed by atoms with Crippen molar-refractivity contribution in [1.82, 2.24) is 19.2 Å². The van der Waals surface area contributed by atoms with E-state index < -0.39 is 0 Å². The molecule has 0 saturated heterocycles. The van der Waals surface area contributed by atoms with Gasteiger partial charge >= 0.3 is 0 Å². The summed E-state index contributed by atoms with van der Waals surface area (Å²) in [7, 11) is 4.01. The summed E-state index contributed by atoms with van der Waals surface area (Å²) in [6.07, 6.45) is 2.72. The number of likely N-dealkylation sites (N-methyl/N-ethyl adjacent to an activating group) is 1. The van der Waals surface area contributed by atoms with Crippen LogP contribution in [0, 0.1) is 13.8 Å². The highest BCUT2D eigenvalue weighted by atomic mass is 16.1. The number of hydrogen-bond acceptors (Lipinski definition) is 3. The number of aryl methyl sites for hydroxylation is 1. The van der Waals surface area contributed by atoms with Crippen molar-refractivity contribution in [1.29, 1.82) is 0 Å². The first kappa shape index (κ1) is 19.1. The van der Waals surface area contributed by atoms with E-state index in [1.54, 1.807) is 4.68 Å². The largest absolute Gasteiger partial charge is 0.299 e. The number of para-hydroxylation sites is 1. The van der Waals surface area contributed by atoms with Gasteiger partial charge in [0.2, 0.25) is 0 Å². The second-order valence-electron chi connectivity index (χ2n) is 7.33. The molecule has 0 saturated carbocycles. The van der Waals surface area contributed by atoms with Gasteiger partial charge in [0.25, 0.3) is 5.56 Å². The van der Waals surface area contributed by atoms with Crippen LogP contribution in [0.2, 0.25) is 0 Å². The van der Waals surface area contributed by atoms with Crippen molar-refractivity contribution in [2.75, 3.05) is 7.05 Å². The maximum atomic E-state index is 13.1. The molecule has 0 aliphatic heterocycles. The first-order chi connectivity index (χ1) is 12.9. The minimum Gasteiger partial charge on any atom is -0.299 e. The molecule has 0 bridgehead atoms. The summed E-state index contributed by atoms with van der Waals surface area (Å²) in [6.45, 7) is 6.89. The van der Waals surface area contributed by atoms with E-state index in [-0.39, 0.29) is 11.6 Å². The van der Waals surface area contributed by atoms with Crippen LogP contribution in [0.15, 0.2) is 53.5 Å². The van der Waals surface area contributed by atoms with Gasteiger partial charge in [0.15, 0.2) is 0 Å². The zero-order valence-electron chi connectivity index (χ0n) is 16.8. The van der Waals surface area contributed by atoms with Gasteiger partial charge in [-0.3, -0.25) is 19.4 Å². The number of pyridine rings is 1. The van der Waals surface area contributed by atoms with Crippen LogP contribution < -0.4 is 5.56 Å². The zero-order chi connectivity index (χ0) is 19.6. The standard InChI is InChI=1S/C22H28N4O/c1-16-11-12-23-19(13-16)14-17(2)24(4)15-21-18(3)25(5)26(22(21)27)20-9-7-6-8-10-20/h6-13,17H,14-15H2,1-5H3. The summed E-state index contributed by atoms with van der Waals surface area (Å²) in [6, 6.07) is 14.2. The molecule has 3 rings (SSSR count). The minimum absolute atomic E-state index is 0.0499. The van der Waals surface area contributed by atoms with Gasteiger partial charge < -0.3 is 0 Å². The first-order valence-corrected chi connectivity index (χ1v) is 9.33. The Kier molecular flexibility index (Phi) is 5.61. The molecule has 2 heterocycles. The molecule has 1 unspecified atom stereocenters. The fraction of sp³-hybridized carbons (Fsp3) is 0.364. The van der Waals surface area contributed by atoms with E-state index in [9.17, 15) is 4.79 Å². The van der Waals surface area contributed by atoms with Crippen molar-refractivity contribution in [3.05, 3.63) is 81.5 Å². The Hall–Kier alpha value is -2.66. The molecule has 1 aromatic carbocycles. The molecule has 0 aliphatic carbocycles. The van der Waals surface area contributed by atoms with E-state index in [1.807, 2.05) is 61.2 Å². The van der Waals surface area contributed by atoms with Crippen LogP contribution in [-0.2, 0) is 20.0 Å². The summed E-state index contributed by atoms with van der Waals surface area (Å²) in [5.74, 6) is 0. The molecular weight excluding hydrogens is 336 g/mol. The summed E-state index contributed by atoms with van der Waals surface area (Å²) in [5.41, 5.74) is 5.08.